The van der Waals surface area contributed by atoms with Gasteiger partial charge in [0.15, 0.2) is 11.5 Å². The van der Waals surface area contributed by atoms with Crippen molar-refractivity contribution in [2.45, 2.75) is 13.5 Å². The number of ether oxygens (including phenoxy) is 2. The normalized spacial score (nSPS) is 10.4. The number of nitrogens with one attached hydrogen (secondary N) is 1. The quantitative estimate of drug-likeness (QED) is 0.784. The molecule has 0 saturated heterocycles. The number of thiophene rings is 1. The van der Waals surface area contributed by atoms with E-state index in [2.05, 4.69) is 11.4 Å². The van der Waals surface area contributed by atoms with Crippen LogP contribution in [0.25, 0.3) is 0 Å². The summed E-state index contributed by atoms with van der Waals surface area (Å²) in [5.74, 6) is 1.20. The highest BCUT2D eigenvalue weighted by Gasteiger charge is 2.14. The molecule has 2 rings (SSSR count). The van der Waals surface area contributed by atoms with Crippen molar-refractivity contribution >= 4 is 22.2 Å². The predicted octanol–water partition coefficient (Wildman–Crippen LogP) is 3.10. The van der Waals surface area contributed by atoms with Crippen LogP contribution in [0.3, 0.4) is 0 Å². The Morgan fingerprint density at radius 1 is 1.28 bits per heavy atom. The summed E-state index contributed by atoms with van der Waals surface area (Å²) < 4.78 is 10.6. The molecule has 0 unspecified atom stereocenters. The Labute approximate surface area is 151 Å². The van der Waals surface area contributed by atoms with E-state index in [9.17, 15) is 4.79 Å². The number of amides is 1. The lowest BCUT2D eigenvalue weighted by molar-refractivity contribution is -0.117. The van der Waals surface area contributed by atoms with E-state index in [-0.39, 0.29) is 12.5 Å². The number of carbonyl (C=O) groups is 1. The summed E-state index contributed by atoms with van der Waals surface area (Å²) in [6.07, 6.45) is 0. The standard InChI is InChI=1S/C18H21N3O3S/c1-4-21(11-13-5-6-15(23-2)16(9-13)24-3)12-17(22)20-18-14(10-19)7-8-25-18/h5-9H,4,11-12H2,1-3H3,(H,20,22). The molecule has 2 aromatic rings. The van der Waals surface area contributed by atoms with Crippen molar-refractivity contribution in [1.82, 2.24) is 4.90 Å². The summed E-state index contributed by atoms with van der Waals surface area (Å²) in [6.45, 7) is 3.57. The van der Waals surface area contributed by atoms with Gasteiger partial charge in [-0.25, -0.2) is 0 Å². The van der Waals surface area contributed by atoms with E-state index in [1.54, 1.807) is 25.7 Å². The molecule has 1 aromatic heterocycles. The Hall–Kier alpha value is -2.56. The molecule has 0 aliphatic rings. The van der Waals surface area contributed by atoms with E-state index in [4.69, 9.17) is 14.7 Å². The molecule has 0 aliphatic heterocycles. The Kier molecular flexibility index (Phi) is 6.81. The molecule has 0 atom stereocenters. The SMILES string of the molecule is CCN(CC(=O)Nc1sccc1C#N)Cc1ccc(OC)c(OC)c1. The van der Waals surface area contributed by atoms with Crippen LogP contribution >= 0.6 is 11.3 Å². The van der Waals surface area contributed by atoms with Crippen LogP contribution in [0.2, 0.25) is 0 Å². The molecule has 0 radical (unpaired) electrons. The molecule has 0 bridgehead atoms. The summed E-state index contributed by atoms with van der Waals surface area (Å²) in [5, 5.41) is 14.2. The van der Waals surface area contributed by atoms with Gasteiger partial charge in [0.1, 0.15) is 11.1 Å². The number of carbonyl (C=O) groups excluding carboxylic acids is 1. The first-order chi connectivity index (χ1) is 12.1. The molecule has 1 N–H and O–H groups in total. The number of likely N-dealkylation sites (N-methyl/N-ethyl adjacent to an activating group) is 1. The maximum atomic E-state index is 12.3. The molecule has 7 heteroatoms. The van der Waals surface area contributed by atoms with E-state index in [1.807, 2.05) is 30.0 Å². The van der Waals surface area contributed by atoms with Gasteiger partial charge >= 0.3 is 0 Å². The zero-order valence-corrected chi connectivity index (χ0v) is 15.4. The molecule has 6 nitrogen and oxygen atoms in total. The maximum absolute atomic E-state index is 12.3. The second-order valence-electron chi connectivity index (χ2n) is 5.32. The van der Waals surface area contributed by atoms with Gasteiger partial charge in [0.2, 0.25) is 5.91 Å². The molecular formula is C18H21N3O3S. The Morgan fingerprint density at radius 3 is 2.68 bits per heavy atom. The number of methoxy groups -OCH3 is 2. The molecule has 0 aliphatic carbocycles. The predicted molar refractivity (Wildman–Crippen MR) is 98.2 cm³/mol. The van der Waals surface area contributed by atoms with E-state index in [0.29, 0.717) is 28.6 Å². The largest absolute Gasteiger partial charge is 0.493 e. The van der Waals surface area contributed by atoms with Gasteiger partial charge in [-0.3, -0.25) is 9.69 Å². The fraction of sp³-hybridized carbons (Fsp3) is 0.333. The highest BCUT2D eigenvalue weighted by molar-refractivity contribution is 7.14. The van der Waals surface area contributed by atoms with Crippen LogP contribution in [-0.4, -0.2) is 38.1 Å². The summed E-state index contributed by atoms with van der Waals surface area (Å²) >= 11 is 1.35. The van der Waals surface area contributed by atoms with Gasteiger partial charge in [-0.15, -0.1) is 11.3 Å². The minimum Gasteiger partial charge on any atom is -0.493 e. The second kappa shape index (κ2) is 9.06. The van der Waals surface area contributed by atoms with Crippen LogP contribution in [0.4, 0.5) is 5.00 Å². The molecule has 1 aromatic carbocycles. The lowest BCUT2D eigenvalue weighted by atomic mass is 10.2. The Bertz CT molecular complexity index is 767. The van der Waals surface area contributed by atoms with Crippen LogP contribution in [0, 0.1) is 11.3 Å². The number of nitrogens with zero attached hydrogens (tertiary/aromatic N) is 2. The van der Waals surface area contributed by atoms with Crippen molar-refractivity contribution in [3.63, 3.8) is 0 Å². The first-order valence-electron chi connectivity index (χ1n) is 7.82. The van der Waals surface area contributed by atoms with Crippen molar-refractivity contribution in [2.24, 2.45) is 0 Å². The van der Waals surface area contributed by atoms with Crippen molar-refractivity contribution in [3.05, 3.63) is 40.8 Å². The van der Waals surface area contributed by atoms with Crippen molar-refractivity contribution < 1.29 is 14.3 Å². The van der Waals surface area contributed by atoms with Gasteiger partial charge in [-0.2, -0.15) is 5.26 Å². The monoisotopic (exact) mass is 359 g/mol. The summed E-state index contributed by atoms with van der Waals surface area (Å²) in [7, 11) is 3.20. The third-order valence-corrected chi connectivity index (χ3v) is 4.54. The lowest BCUT2D eigenvalue weighted by Crippen LogP contribution is -2.32. The van der Waals surface area contributed by atoms with Gasteiger partial charge in [0, 0.05) is 6.54 Å². The average Bonchev–Trinajstić information content (AvgIpc) is 3.07. The van der Waals surface area contributed by atoms with Gasteiger partial charge in [0.25, 0.3) is 0 Å². The van der Waals surface area contributed by atoms with Crippen LogP contribution in [0.1, 0.15) is 18.1 Å². The zero-order chi connectivity index (χ0) is 18.2. The highest BCUT2D eigenvalue weighted by atomic mass is 32.1. The smallest absolute Gasteiger partial charge is 0.239 e. The zero-order valence-electron chi connectivity index (χ0n) is 14.5. The molecule has 0 saturated carbocycles. The lowest BCUT2D eigenvalue weighted by Gasteiger charge is -2.20. The van der Waals surface area contributed by atoms with Crippen LogP contribution in [-0.2, 0) is 11.3 Å². The molecule has 1 heterocycles. The Balaban J connectivity index is 2.00. The second-order valence-corrected chi connectivity index (χ2v) is 6.23. The van der Waals surface area contributed by atoms with E-state index < -0.39 is 0 Å². The first kappa shape index (κ1) is 18.8. The number of hydrogen-bond acceptors (Lipinski definition) is 6. The number of nitriles is 1. The molecule has 132 valence electrons. The van der Waals surface area contributed by atoms with Gasteiger partial charge < -0.3 is 14.8 Å². The minimum absolute atomic E-state index is 0.138. The van der Waals surface area contributed by atoms with Gasteiger partial charge in [0.05, 0.1) is 26.3 Å². The van der Waals surface area contributed by atoms with E-state index in [0.717, 1.165) is 12.1 Å². The third kappa shape index (κ3) is 4.95. The highest BCUT2D eigenvalue weighted by Crippen LogP contribution is 2.28. The van der Waals surface area contributed by atoms with Crippen LogP contribution < -0.4 is 14.8 Å². The summed E-state index contributed by atoms with van der Waals surface area (Å²) in [5.41, 5.74) is 1.52. The average molecular weight is 359 g/mol. The Morgan fingerprint density at radius 2 is 2.04 bits per heavy atom. The maximum Gasteiger partial charge on any atom is 0.239 e. The van der Waals surface area contributed by atoms with Gasteiger partial charge in [-0.05, 0) is 35.7 Å². The fourth-order valence-corrected chi connectivity index (χ4v) is 3.13. The van der Waals surface area contributed by atoms with Crippen LogP contribution in [0.15, 0.2) is 29.6 Å². The first-order valence-corrected chi connectivity index (χ1v) is 8.69. The summed E-state index contributed by atoms with van der Waals surface area (Å²) in [6, 6.07) is 9.48. The van der Waals surface area contributed by atoms with Gasteiger partial charge in [-0.1, -0.05) is 13.0 Å². The molecule has 0 fully saturated rings. The fourth-order valence-electron chi connectivity index (χ4n) is 2.38. The minimum atomic E-state index is -0.138. The van der Waals surface area contributed by atoms with E-state index >= 15 is 0 Å². The molecular weight excluding hydrogens is 338 g/mol. The number of rotatable bonds is 8. The molecule has 25 heavy (non-hydrogen) atoms. The number of hydrogen-bond donors (Lipinski definition) is 1. The topological polar surface area (TPSA) is 74.6 Å². The third-order valence-electron chi connectivity index (χ3n) is 3.71. The number of benzene rings is 1. The van der Waals surface area contributed by atoms with Crippen molar-refractivity contribution in [2.75, 3.05) is 32.6 Å². The van der Waals surface area contributed by atoms with Crippen LogP contribution in [0.5, 0.6) is 11.5 Å². The molecule has 1 amide bonds. The van der Waals surface area contributed by atoms with E-state index in [1.165, 1.54) is 11.3 Å². The summed E-state index contributed by atoms with van der Waals surface area (Å²) in [4.78, 5) is 14.3. The van der Waals surface area contributed by atoms with Crippen molar-refractivity contribution in [1.29, 1.82) is 5.26 Å². The number of anilines is 1. The van der Waals surface area contributed by atoms with Crippen molar-refractivity contribution in [3.8, 4) is 17.6 Å². The molecule has 0 spiro atoms.